The molecule has 0 aromatic heterocycles. The van der Waals surface area contributed by atoms with Gasteiger partial charge in [0.05, 0.1) is 12.8 Å². The van der Waals surface area contributed by atoms with E-state index in [1.807, 2.05) is 24.3 Å². The number of halogens is 1. The fourth-order valence-electron chi connectivity index (χ4n) is 1.55. The Morgan fingerprint density at radius 2 is 2.00 bits per heavy atom. The Hall–Kier alpha value is -1.68. The quantitative estimate of drug-likeness (QED) is 0.877. The van der Waals surface area contributed by atoms with Gasteiger partial charge in [0, 0.05) is 10.5 Å². The fraction of sp³-hybridized carbons (Fsp3) is 0.143. The van der Waals surface area contributed by atoms with Crippen LogP contribution in [-0.4, -0.2) is 7.11 Å². The Morgan fingerprint density at radius 1 is 1.17 bits per heavy atom. The molecule has 4 heteroatoms. The first-order valence-electron chi connectivity index (χ1n) is 5.50. The van der Waals surface area contributed by atoms with E-state index in [2.05, 4.69) is 15.9 Å². The molecule has 0 atom stereocenters. The molecule has 0 aliphatic rings. The Bertz CT molecular complexity index is 543. The zero-order valence-electron chi connectivity index (χ0n) is 10.0. The summed E-state index contributed by atoms with van der Waals surface area (Å²) in [4.78, 5) is 0. The molecule has 0 aliphatic carbocycles. The van der Waals surface area contributed by atoms with E-state index >= 15 is 0 Å². The Kier molecular flexibility index (Phi) is 4.10. The van der Waals surface area contributed by atoms with Gasteiger partial charge in [0.15, 0.2) is 0 Å². The van der Waals surface area contributed by atoms with Crippen LogP contribution in [0.1, 0.15) is 5.56 Å². The van der Waals surface area contributed by atoms with Crippen LogP contribution in [0, 0.1) is 0 Å². The number of benzene rings is 2. The molecule has 2 N–H and O–H groups in total. The van der Waals surface area contributed by atoms with Crippen LogP contribution in [0.5, 0.6) is 11.5 Å². The van der Waals surface area contributed by atoms with E-state index in [1.165, 1.54) is 0 Å². The molecular weight excluding hydrogens is 294 g/mol. The second kappa shape index (κ2) is 5.78. The maximum absolute atomic E-state index is 5.85. The summed E-state index contributed by atoms with van der Waals surface area (Å²) in [6.07, 6.45) is 0. The lowest BCUT2D eigenvalue weighted by Gasteiger charge is -2.10. The molecule has 0 aliphatic heterocycles. The SMILES string of the molecule is COc1ccc(N)c(OCc2cccc(Br)c2)c1. The van der Waals surface area contributed by atoms with E-state index in [1.54, 1.807) is 25.3 Å². The Labute approximate surface area is 115 Å². The van der Waals surface area contributed by atoms with Crippen molar-refractivity contribution in [2.75, 3.05) is 12.8 Å². The minimum Gasteiger partial charge on any atom is -0.497 e. The van der Waals surface area contributed by atoms with Gasteiger partial charge in [0.1, 0.15) is 18.1 Å². The second-order valence-electron chi connectivity index (χ2n) is 3.82. The van der Waals surface area contributed by atoms with Crippen molar-refractivity contribution in [3.63, 3.8) is 0 Å². The van der Waals surface area contributed by atoms with Gasteiger partial charge in [-0.15, -0.1) is 0 Å². The van der Waals surface area contributed by atoms with Crippen LogP contribution in [0.2, 0.25) is 0 Å². The van der Waals surface area contributed by atoms with Gasteiger partial charge in [-0.25, -0.2) is 0 Å². The molecule has 3 nitrogen and oxygen atoms in total. The van der Waals surface area contributed by atoms with Gasteiger partial charge < -0.3 is 15.2 Å². The van der Waals surface area contributed by atoms with Crippen LogP contribution in [0.15, 0.2) is 46.9 Å². The van der Waals surface area contributed by atoms with Crippen LogP contribution in [-0.2, 0) is 6.61 Å². The number of anilines is 1. The summed E-state index contributed by atoms with van der Waals surface area (Å²) in [6, 6.07) is 13.3. The predicted octanol–water partition coefficient (Wildman–Crippen LogP) is 3.62. The molecule has 0 radical (unpaired) electrons. The average Bonchev–Trinajstić information content (AvgIpc) is 2.38. The number of hydrogen-bond acceptors (Lipinski definition) is 3. The number of nitrogen functional groups attached to an aromatic ring is 1. The third kappa shape index (κ3) is 3.17. The molecule has 18 heavy (non-hydrogen) atoms. The van der Waals surface area contributed by atoms with Gasteiger partial charge in [-0.2, -0.15) is 0 Å². The summed E-state index contributed by atoms with van der Waals surface area (Å²) >= 11 is 3.43. The highest BCUT2D eigenvalue weighted by Crippen LogP contribution is 2.27. The van der Waals surface area contributed by atoms with Gasteiger partial charge in [-0.1, -0.05) is 28.1 Å². The third-order valence-electron chi connectivity index (χ3n) is 2.50. The minimum absolute atomic E-state index is 0.469. The van der Waals surface area contributed by atoms with Crippen molar-refractivity contribution in [3.05, 3.63) is 52.5 Å². The maximum atomic E-state index is 5.85. The molecule has 2 aromatic rings. The molecule has 94 valence electrons. The van der Waals surface area contributed by atoms with E-state index < -0.39 is 0 Å². The standard InChI is InChI=1S/C14H14BrNO2/c1-17-12-5-6-13(16)14(8-12)18-9-10-3-2-4-11(15)7-10/h2-8H,9,16H2,1H3. The predicted molar refractivity (Wildman–Crippen MR) is 75.9 cm³/mol. The highest BCUT2D eigenvalue weighted by Gasteiger charge is 2.03. The van der Waals surface area contributed by atoms with E-state index in [9.17, 15) is 0 Å². The van der Waals surface area contributed by atoms with Crippen molar-refractivity contribution in [3.8, 4) is 11.5 Å². The lowest BCUT2D eigenvalue weighted by atomic mass is 10.2. The Balaban J connectivity index is 2.10. The van der Waals surface area contributed by atoms with Gasteiger partial charge in [-0.3, -0.25) is 0 Å². The van der Waals surface area contributed by atoms with Crippen LogP contribution in [0.3, 0.4) is 0 Å². The van der Waals surface area contributed by atoms with Crippen molar-refractivity contribution in [1.29, 1.82) is 0 Å². The van der Waals surface area contributed by atoms with E-state index in [-0.39, 0.29) is 0 Å². The molecular formula is C14H14BrNO2. The smallest absolute Gasteiger partial charge is 0.146 e. The topological polar surface area (TPSA) is 44.5 Å². The van der Waals surface area contributed by atoms with Crippen LogP contribution in [0.25, 0.3) is 0 Å². The zero-order valence-corrected chi connectivity index (χ0v) is 11.6. The highest BCUT2D eigenvalue weighted by molar-refractivity contribution is 9.10. The Morgan fingerprint density at radius 3 is 2.72 bits per heavy atom. The largest absolute Gasteiger partial charge is 0.497 e. The first-order valence-corrected chi connectivity index (χ1v) is 6.29. The molecule has 0 amide bonds. The van der Waals surface area contributed by atoms with Gasteiger partial charge in [-0.05, 0) is 29.8 Å². The van der Waals surface area contributed by atoms with Crippen LogP contribution >= 0.6 is 15.9 Å². The fourth-order valence-corrected chi connectivity index (χ4v) is 2.00. The first-order chi connectivity index (χ1) is 8.69. The molecule has 0 unspecified atom stereocenters. The van der Waals surface area contributed by atoms with Gasteiger partial charge >= 0.3 is 0 Å². The van der Waals surface area contributed by atoms with Gasteiger partial charge in [0.25, 0.3) is 0 Å². The van der Waals surface area contributed by atoms with Crippen molar-refractivity contribution in [1.82, 2.24) is 0 Å². The number of ether oxygens (including phenoxy) is 2. The van der Waals surface area contributed by atoms with Crippen LogP contribution in [0.4, 0.5) is 5.69 Å². The number of hydrogen-bond donors (Lipinski definition) is 1. The maximum Gasteiger partial charge on any atom is 0.146 e. The second-order valence-corrected chi connectivity index (χ2v) is 4.74. The van der Waals surface area contributed by atoms with E-state index in [0.717, 1.165) is 15.8 Å². The number of methoxy groups -OCH3 is 1. The van der Waals surface area contributed by atoms with E-state index in [0.29, 0.717) is 18.0 Å². The molecule has 0 heterocycles. The molecule has 0 saturated carbocycles. The van der Waals surface area contributed by atoms with Crippen molar-refractivity contribution in [2.24, 2.45) is 0 Å². The normalized spacial score (nSPS) is 10.1. The highest BCUT2D eigenvalue weighted by atomic mass is 79.9. The number of rotatable bonds is 4. The molecule has 0 bridgehead atoms. The van der Waals surface area contributed by atoms with Crippen molar-refractivity contribution >= 4 is 21.6 Å². The van der Waals surface area contributed by atoms with Gasteiger partial charge in [0.2, 0.25) is 0 Å². The summed E-state index contributed by atoms with van der Waals surface area (Å²) in [5, 5.41) is 0. The molecule has 0 saturated heterocycles. The van der Waals surface area contributed by atoms with Crippen LogP contribution < -0.4 is 15.2 Å². The summed E-state index contributed by atoms with van der Waals surface area (Å²) in [6.45, 7) is 0.469. The summed E-state index contributed by atoms with van der Waals surface area (Å²) in [7, 11) is 1.61. The average molecular weight is 308 g/mol. The lowest BCUT2D eigenvalue weighted by Crippen LogP contribution is -1.99. The molecule has 2 aromatic carbocycles. The minimum atomic E-state index is 0.469. The lowest BCUT2D eigenvalue weighted by molar-refractivity contribution is 0.305. The molecule has 0 fully saturated rings. The van der Waals surface area contributed by atoms with Crippen molar-refractivity contribution in [2.45, 2.75) is 6.61 Å². The first kappa shape index (κ1) is 12.8. The number of nitrogens with two attached hydrogens (primary N) is 1. The molecule has 2 rings (SSSR count). The zero-order chi connectivity index (χ0) is 13.0. The summed E-state index contributed by atoms with van der Waals surface area (Å²) < 4.78 is 11.9. The van der Waals surface area contributed by atoms with Crippen molar-refractivity contribution < 1.29 is 9.47 Å². The monoisotopic (exact) mass is 307 g/mol. The molecule has 0 spiro atoms. The summed E-state index contributed by atoms with van der Waals surface area (Å²) in [5.74, 6) is 1.36. The van der Waals surface area contributed by atoms with E-state index in [4.69, 9.17) is 15.2 Å². The third-order valence-corrected chi connectivity index (χ3v) is 3.00. The summed E-state index contributed by atoms with van der Waals surface area (Å²) in [5.41, 5.74) is 7.53.